The van der Waals surface area contributed by atoms with Crippen molar-refractivity contribution in [2.24, 2.45) is 0 Å². The summed E-state index contributed by atoms with van der Waals surface area (Å²) in [4.78, 5) is 24.3. The van der Waals surface area contributed by atoms with Crippen molar-refractivity contribution in [3.8, 4) is 0 Å². The first-order chi connectivity index (χ1) is 12.8. The Morgan fingerprint density at radius 2 is 2.04 bits per heavy atom. The van der Waals surface area contributed by atoms with Crippen molar-refractivity contribution in [1.29, 1.82) is 0 Å². The lowest BCUT2D eigenvalue weighted by Gasteiger charge is -2.31. The summed E-state index contributed by atoms with van der Waals surface area (Å²) < 4.78 is 5.12. The zero-order valence-electron chi connectivity index (χ0n) is 14.9. The first kappa shape index (κ1) is 19.5. The van der Waals surface area contributed by atoms with Gasteiger partial charge in [0.25, 0.3) is 5.69 Å². The first-order valence-electron chi connectivity index (χ1n) is 8.47. The average molecular weight is 407 g/mol. The molecule has 8 heteroatoms. The third kappa shape index (κ3) is 4.04. The molecule has 27 heavy (non-hydrogen) atoms. The van der Waals surface area contributed by atoms with E-state index in [-0.39, 0.29) is 34.9 Å². The van der Waals surface area contributed by atoms with Crippen molar-refractivity contribution in [2.45, 2.75) is 36.0 Å². The predicted molar refractivity (Wildman–Crippen MR) is 106 cm³/mol. The van der Waals surface area contributed by atoms with Gasteiger partial charge in [0.2, 0.25) is 0 Å². The van der Waals surface area contributed by atoms with Gasteiger partial charge < -0.3 is 10.1 Å². The SMILES string of the molecule is CCOC(=O)CC1(C)Nc2cccc([N+](=O)[O-])c2C1Sc1ccc(Cl)cc1. The van der Waals surface area contributed by atoms with Gasteiger partial charge in [-0.05, 0) is 44.2 Å². The van der Waals surface area contributed by atoms with Crippen molar-refractivity contribution in [1.82, 2.24) is 0 Å². The van der Waals surface area contributed by atoms with Crippen LogP contribution < -0.4 is 5.32 Å². The highest BCUT2D eigenvalue weighted by Gasteiger charge is 2.48. The standard InChI is InChI=1S/C19H19ClN2O4S/c1-3-26-16(23)11-19(2)18(27-13-9-7-12(20)8-10-13)17-14(21-19)5-4-6-15(17)22(24)25/h4-10,18,21H,3,11H2,1-2H3. The lowest BCUT2D eigenvalue weighted by molar-refractivity contribution is -0.385. The molecular weight excluding hydrogens is 388 g/mol. The van der Waals surface area contributed by atoms with Gasteiger partial charge in [-0.3, -0.25) is 14.9 Å². The first-order valence-corrected chi connectivity index (χ1v) is 9.73. The summed E-state index contributed by atoms with van der Waals surface area (Å²) >= 11 is 7.43. The molecule has 2 aromatic rings. The highest BCUT2D eigenvalue weighted by Crippen LogP contribution is 2.55. The minimum atomic E-state index is -0.731. The van der Waals surface area contributed by atoms with Crippen molar-refractivity contribution in [2.75, 3.05) is 11.9 Å². The Morgan fingerprint density at radius 3 is 2.67 bits per heavy atom. The molecule has 0 saturated heterocycles. The minimum absolute atomic E-state index is 0.0408. The third-order valence-electron chi connectivity index (χ3n) is 4.43. The molecule has 142 valence electrons. The van der Waals surface area contributed by atoms with Crippen LogP contribution in [-0.4, -0.2) is 23.0 Å². The molecule has 0 spiro atoms. The molecule has 2 unspecified atom stereocenters. The Morgan fingerprint density at radius 1 is 1.33 bits per heavy atom. The van der Waals surface area contributed by atoms with Crippen molar-refractivity contribution in [3.05, 3.63) is 63.2 Å². The molecule has 1 heterocycles. The summed E-state index contributed by atoms with van der Waals surface area (Å²) in [5, 5.41) is 15.2. The molecule has 0 aliphatic carbocycles. The van der Waals surface area contributed by atoms with E-state index in [9.17, 15) is 14.9 Å². The number of rotatable bonds is 6. The zero-order valence-corrected chi connectivity index (χ0v) is 16.5. The second-order valence-electron chi connectivity index (χ2n) is 6.47. The fourth-order valence-electron chi connectivity index (χ4n) is 3.28. The van der Waals surface area contributed by atoms with Crippen LogP contribution in [0.4, 0.5) is 11.4 Å². The number of hydrogen-bond acceptors (Lipinski definition) is 6. The molecule has 0 saturated carbocycles. The van der Waals surface area contributed by atoms with Gasteiger partial charge in [-0.25, -0.2) is 0 Å². The summed E-state index contributed by atoms with van der Waals surface area (Å²) in [5.74, 6) is -0.343. The van der Waals surface area contributed by atoms with Crippen molar-refractivity contribution in [3.63, 3.8) is 0 Å². The molecule has 1 aliphatic heterocycles. The number of carbonyl (C=O) groups is 1. The van der Waals surface area contributed by atoms with Crippen molar-refractivity contribution < 1.29 is 14.5 Å². The van der Waals surface area contributed by atoms with Gasteiger partial charge in [0, 0.05) is 21.7 Å². The number of nitrogens with zero attached hydrogens (tertiary/aromatic N) is 1. The highest BCUT2D eigenvalue weighted by molar-refractivity contribution is 7.99. The molecule has 1 N–H and O–H groups in total. The van der Waals surface area contributed by atoms with E-state index >= 15 is 0 Å². The van der Waals surface area contributed by atoms with Gasteiger partial charge in [-0.15, -0.1) is 11.8 Å². The van der Waals surface area contributed by atoms with E-state index in [4.69, 9.17) is 16.3 Å². The highest BCUT2D eigenvalue weighted by atomic mass is 35.5. The van der Waals surface area contributed by atoms with Gasteiger partial charge in [-0.1, -0.05) is 17.7 Å². The average Bonchev–Trinajstić information content (AvgIpc) is 2.88. The molecule has 2 atom stereocenters. The number of benzene rings is 2. The molecule has 0 aromatic heterocycles. The van der Waals surface area contributed by atoms with E-state index in [1.165, 1.54) is 17.8 Å². The molecule has 0 amide bonds. The van der Waals surface area contributed by atoms with Gasteiger partial charge in [0.05, 0.1) is 34.3 Å². The quantitative estimate of drug-likeness (QED) is 0.402. The second-order valence-corrected chi connectivity index (χ2v) is 8.09. The summed E-state index contributed by atoms with van der Waals surface area (Å²) in [6, 6.07) is 12.2. The number of thioether (sulfide) groups is 1. The Kier molecular flexibility index (Phi) is 5.62. The van der Waals surface area contributed by atoms with Crippen LogP contribution in [0.5, 0.6) is 0 Å². The lowest BCUT2D eigenvalue weighted by atomic mass is 9.92. The number of hydrogen-bond donors (Lipinski definition) is 1. The summed E-state index contributed by atoms with van der Waals surface area (Å²) in [6.07, 6.45) is 0.0952. The molecule has 1 aliphatic rings. The Bertz CT molecular complexity index is 875. The number of halogens is 1. The molecule has 6 nitrogen and oxygen atoms in total. The summed E-state index contributed by atoms with van der Waals surface area (Å²) in [5.41, 5.74) is 0.570. The largest absolute Gasteiger partial charge is 0.466 e. The Balaban J connectivity index is 2.03. The van der Waals surface area contributed by atoms with E-state index in [2.05, 4.69) is 5.32 Å². The summed E-state index contributed by atoms with van der Waals surface area (Å²) in [7, 11) is 0. The number of anilines is 1. The maximum absolute atomic E-state index is 12.2. The lowest BCUT2D eigenvalue weighted by Crippen LogP contribution is -2.38. The van der Waals surface area contributed by atoms with Gasteiger partial charge in [0.1, 0.15) is 0 Å². The van der Waals surface area contributed by atoms with E-state index in [1.807, 2.05) is 19.1 Å². The van der Waals surface area contributed by atoms with Crippen LogP contribution in [0.15, 0.2) is 47.4 Å². The zero-order chi connectivity index (χ0) is 19.6. The minimum Gasteiger partial charge on any atom is -0.466 e. The van der Waals surface area contributed by atoms with Crippen LogP contribution in [0.2, 0.25) is 5.02 Å². The van der Waals surface area contributed by atoms with Crippen LogP contribution in [0.1, 0.15) is 31.1 Å². The molecular formula is C19H19ClN2O4S. The Hall–Kier alpha value is -2.25. The number of esters is 1. The van der Waals surface area contributed by atoms with E-state index in [0.717, 1.165) is 4.90 Å². The van der Waals surface area contributed by atoms with Gasteiger partial charge in [0.15, 0.2) is 0 Å². The number of carbonyl (C=O) groups excluding carboxylic acids is 1. The predicted octanol–water partition coefficient (Wildman–Crippen LogP) is 5.22. The normalized spacial score (nSPS) is 20.6. The molecule has 0 fully saturated rings. The van der Waals surface area contributed by atoms with Gasteiger partial charge in [-0.2, -0.15) is 0 Å². The maximum atomic E-state index is 12.2. The number of nitrogens with one attached hydrogen (secondary N) is 1. The molecule has 3 rings (SSSR count). The topological polar surface area (TPSA) is 81.5 Å². The third-order valence-corrected chi connectivity index (χ3v) is 6.21. The van der Waals surface area contributed by atoms with Crippen molar-refractivity contribution >= 4 is 40.7 Å². The number of nitro benzene ring substituents is 1. The fraction of sp³-hybridized carbons (Fsp3) is 0.316. The smallest absolute Gasteiger partial charge is 0.308 e. The van der Waals surface area contributed by atoms with E-state index < -0.39 is 5.54 Å². The monoisotopic (exact) mass is 406 g/mol. The molecule has 0 bridgehead atoms. The van der Waals surface area contributed by atoms with E-state index in [1.54, 1.807) is 31.2 Å². The maximum Gasteiger partial charge on any atom is 0.308 e. The summed E-state index contributed by atoms with van der Waals surface area (Å²) in [6.45, 7) is 3.93. The van der Waals surface area contributed by atoms with Crippen LogP contribution in [-0.2, 0) is 9.53 Å². The fourth-order valence-corrected chi connectivity index (χ4v) is 4.73. The number of nitro groups is 1. The van der Waals surface area contributed by atoms with Crippen LogP contribution in [0, 0.1) is 10.1 Å². The van der Waals surface area contributed by atoms with Crippen LogP contribution in [0.25, 0.3) is 0 Å². The van der Waals surface area contributed by atoms with E-state index in [0.29, 0.717) is 16.3 Å². The number of ether oxygens (including phenoxy) is 1. The van der Waals surface area contributed by atoms with Crippen LogP contribution in [0.3, 0.4) is 0 Å². The Labute approximate surface area is 166 Å². The molecule has 0 radical (unpaired) electrons. The molecule has 2 aromatic carbocycles. The number of fused-ring (bicyclic) bond motifs is 1. The second kappa shape index (κ2) is 7.78. The van der Waals surface area contributed by atoms with Gasteiger partial charge >= 0.3 is 5.97 Å². The van der Waals surface area contributed by atoms with Crippen LogP contribution >= 0.6 is 23.4 Å².